The van der Waals surface area contributed by atoms with Crippen LogP contribution < -0.4 is 9.64 Å². The Hall–Kier alpha value is -2.59. The Morgan fingerprint density at radius 2 is 1.78 bits per heavy atom. The second-order valence-corrected chi connectivity index (χ2v) is 7.14. The average Bonchev–Trinajstić information content (AvgIpc) is 2.82. The van der Waals surface area contributed by atoms with Crippen LogP contribution in [-0.4, -0.2) is 12.0 Å². The van der Waals surface area contributed by atoms with Gasteiger partial charge in [-0.2, -0.15) is 0 Å². The Bertz CT molecular complexity index is 948. The van der Waals surface area contributed by atoms with Gasteiger partial charge in [0, 0.05) is 11.6 Å². The first-order valence-electron chi connectivity index (χ1n) is 8.74. The maximum atomic E-state index is 14.8. The molecular formula is C22H21ClFNO2. The van der Waals surface area contributed by atoms with E-state index in [9.17, 15) is 9.18 Å². The van der Waals surface area contributed by atoms with Crippen molar-refractivity contribution in [3.63, 3.8) is 0 Å². The maximum Gasteiger partial charge on any atom is 0.258 e. The summed E-state index contributed by atoms with van der Waals surface area (Å²) in [4.78, 5) is 14.3. The molecule has 1 amide bonds. The number of carbonyl (C=O) groups is 1. The molecule has 5 heteroatoms. The molecule has 0 aliphatic carbocycles. The van der Waals surface area contributed by atoms with E-state index in [1.54, 1.807) is 6.92 Å². The second kappa shape index (κ2) is 7.57. The van der Waals surface area contributed by atoms with Crippen LogP contribution in [0.3, 0.4) is 0 Å². The average molecular weight is 386 g/mol. The Balaban J connectivity index is 2.14. The minimum absolute atomic E-state index is 0.124. The lowest BCUT2D eigenvalue weighted by molar-refractivity contribution is -0.114. The van der Waals surface area contributed by atoms with Gasteiger partial charge in [0.15, 0.2) is 0 Å². The first kappa shape index (κ1) is 19.2. The largest absolute Gasteiger partial charge is 0.489 e. The minimum atomic E-state index is -0.578. The van der Waals surface area contributed by atoms with Crippen molar-refractivity contribution >= 4 is 29.3 Å². The van der Waals surface area contributed by atoms with Gasteiger partial charge in [0.25, 0.3) is 5.91 Å². The van der Waals surface area contributed by atoms with Crippen molar-refractivity contribution in [3.05, 3.63) is 75.7 Å². The van der Waals surface area contributed by atoms with Crippen molar-refractivity contribution in [1.29, 1.82) is 0 Å². The number of halogens is 2. The first-order valence-corrected chi connectivity index (χ1v) is 9.12. The molecule has 0 aromatic heterocycles. The summed E-state index contributed by atoms with van der Waals surface area (Å²) in [6.07, 6.45) is 1.75. The van der Waals surface area contributed by atoms with E-state index in [0.29, 0.717) is 17.0 Å². The van der Waals surface area contributed by atoms with Crippen LogP contribution in [0.4, 0.5) is 10.1 Å². The molecule has 0 radical (unpaired) electrons. The summed E-state index contributed by atoms with van der Waals surface area (Å²) in [5, 5.41) is 0.173. The summed E-state index contributed by atoms with van der Waals surface area (Å²) >= 11 is 6.12. The van der Waals surface area contributed by atoms with Crippen molar-refractivity contribution in [2.75, 3.05) is 4.90 Å². The number of carbonyl (C=O) groups excluding carboxylic acids is 1. The maximum absolute atomic E-state index is 14.8. The molecule has 2 aromatic carbocycles. The highest BCUT2D eigenvalue weighted by molar-refractivity contribution is 6.32. The van der Waals surface area contributed by atoms with Crippen molar-refractivity contribution in [2.24, 2.45) is 0 Å². The van der Waals surface area contributed by atoms with E-state index in [-0.39, 0.29) is 22.7 Å². The molecule has 0 bridgehead atoms. The Morgan fingerprint density at radius 3 is 2.41 bits per heavy atom. The lowest BCUT2D eigenvalue weighted by atomic mass is 10.1. The monoisotopic (exact) mass is 385 g/mol. The number of hydrogen-bond acceptors (Lipinski definition) is 2. The van der Waals surface area contributed by atoms with E-state index < -0.39 is 5.82 Å². The predicted molar refractivity (Wildman–Crippen MR) is 107 cm³/mol. The van der Waals surface area contributed by atoms with Crippen molar-refractivity contribution in [3.8, 4) is 5.75 Å². The van der Waals surface area contributed by atoms with Gasteiger partial charge in [-0.05, 0) is 51.0 Å². The standard InChI is InChI=1S/C22H21ClFNO2/c1-13(2)27-21-12-20(18(24)11-17(21)23)25-19(14(3)15(4)22(25)26)10-16-8-6-5-7-9-16/h5-13H,1-4H3. The van der Waals surface area contributed by atoms with E-state index in [1.165, 1.54) is 17.0 Å². The summed E-state index contributed by atoms with van der Waals surface area (Å²) in [7, 11) is 0. The molecule has 0 fully saturated rings. The lowest BCUT2D eigenvalue weighted by Crippen LogP contribution is -2.26. The number of amides is 1. The number of hydrogen-bond donors (Lipinski definition) is 0. The normalized spacial score (nSPS) is 16.0. The second-order valence-electron chi connectivity index (χ2n) is 6.73. The summed E-state index contributed by atoms with van der Waals surface area (Å²) in [5.74, 6) is -0.491. The van der Waals surface area contributed by atoms with Gasteiger partial charge >= 0.3 is 0 Å². The van der Waals surface area contributed by atoms with E-state index >= 15 is 0 Å². The molecule has 1 aliphatic rings. The molecule has 3 rings (SSSR count). The molecule has 0 saturated heterocycles. The molecule has 140 valence electrons. The highest BCUT2D eigenvalue weighted by Crippen LogP contribution is 2.40. The van der Waals surface area contributed by atoms with Gasteiger partial charge in [-0.1, -0.05) is 41.9 Å². The number of rotatable bonds is 4. The van der Waals surface area contributed by atoms with Crippen molar-refractivity contribution in [2.45, 2.75) is 33.8 Å². The third kappa shape index (κ3) is 3.76. The van der Waals surface area contributed by atoms with Crippen LogP contribution in [0.25, 0.3) is 6.08 Å². The number of benzene rings is 2. The zero-order chi connectivity index (χ0) is 19.7. The number of ether oxygens (including phenoxy) is 1. The van der Waals surface area contributed by atoms with Gasteiger partial charge in [-0.25, -0.2) is 4.39 Å². The van der Waals surface area contributed by atoms with Gasteiger partial charge in [0.2, 0.25) is 0 Å². The minimum Gasteiger partial charge on any atom is -0.489 e. The number of nitrogens with zero attached hydrogens (tertiary/aromatic N) is 1. The first-order chi connectivity index (χ1) is 12.8. The van der Waals surface area contributed by atoms with Crippen LogP contribution in [-0.2, 0) is 4.79 Å². The number of anilines is 1. The number of allylic oxidation sites excluding steroid dienone is 1. The van der Waals surface area contributed by atoms with E-state index in [0.717, 1.165) is 11.1 Å². The molecule has 0 N–H and O–H groups in total. The third-order valence-corrected chi connectivity index (χ3v) is 4.71. The van der Waals surface area contributed by atoms with Crippen LogP contribution in [0.2, 0.25) is 5.02 Å². The Morgan fingerprint density at radius 1 is 1.11 bits per heavy atom. The predicted octanol–water partition coefficient (Wildman–Crippen LogP) is 5.99. The van der Waals surface area contributed by atoms with Crippen molar-refractivity contribution in [1.82, 2.24) is 0 Å². The van der Waals surface area contributed by atoms with Gasteiger partial charge < -0.3 is 4.74 Å². The third-order valence-electron chi connectivity index (χ3n) is 4.42. The fraction of sp³-hybridized carbons (Fsp3) is 0.227. The van der Waals surface area contributed by atoms with Gasteiger partial charge in [-0.15, -0.1) is 0 Å². The lowest BCUT2D eigenvalue weighted by Gasteiger charge is -2.22. The Labute approximate surface area is 163 Å². The molecule has 1 aliphatic heterocycles. The van der Waals surface area contributed by atoms with Crippen LogP contribution in [0.5, 0.6) is 5.75 Å². The Kier molecular flexibility index (Phi) is 5.38. The van der Waals surface area contributed by atoms with Crippen LogP contribution >= 0.6 is 11.6 Å². The topological polar surface area (TPSA) is 29.5 Å². The summed E-state index contributed by atoms with van der Waals surface area (Å²) < 4.78 is 20.5. The summed E-state index contributed by atoms with van der Waals surface area (Å²) in [6.45, 7) is 7.32. The van der Waals surface area contributed by atoms with Gasteiger partial charge in [0.1, 0.15) is 11.6 Å². The molecule has 1 heterocycles. The molecule has 0 atom stereocenters. The SMILES string of the molecule is CC1=C(C)C(=Cc2ccccc2)N(c2cc(OC(C)C)c(Cl)cc2F)C1=O. The summed E-state index contributed by atoms with van der Waals surface area (Å²) in [6, 6.07) is 12.3. The zero-order valence-electron chi connectivity index (χ0n) is 15.7. The van der Waals surface area contributed by atoms with Crippen LogP contribution in [0.1, 0.15) is 33.3 Å². The highest BCUT2D eigenvalue weighted by atomic mass is 35.5. The summed E-state index contributed by atoms with van der Waals surface area (Å²) in [5.41, 5.74) is 3.08. The fourth-order valence-electron chi connectivity index (χ4n) is 2.95. The van der Waals surface area contributed by atoms with E-state index in [2.05, 4.69) is 0 Å². The van der Waals surface area contributed by atoms with Gasteiger partial charge in [0.05, 0.1) is 22.5 Å². The molecular weight excluding hydrogens is 365 g/mol. The van der Waals surface area contributed by atoms with Crippen LogP contribution in [0, 0.1) is 5.82 Å². The smallest absolute Gasteiger partial charge is 0.258 e. The fourth-order valence-corrected chi connectivity index (χ4v) is 3.15. The molecule has 2 aromatic rings. The molecule has 0 saturated carbocycles. The molecule has 0 unspecified atom stereocenters. The van der Waals surface area contributed by atoms with Crippen LogP contribution in [0.15, 0.2) is 59.3 Å². The van der Waals surface area contributed by atoms with Crippen molar-refractivity contribution < 1.29 is 13.9 Å². The molecule has 27 heavy (non-hydrogen) atoms. The molecule has 3 nitrogen and oxygen atoms in total. The highest BCUT2D eigenvalue weighted by Gasteiger charge is 2.33. The van der Waals surface area contributed by atoms with Gasteiger partial charge in [-0.3, -0.25) is 9.69 Å². The van der Waals surface area contributed by atoms with E-state index in [1.807, 2.05) is 57.2 Å². The zero-order valence-corrected chi connectivity index (χ0v) is 16.5. The quantitative estimate of drug-likeness (QED) is 0.646. The molecule has 0 spiro atoms. The van der Waals surface area contributed by atoms with E-state index in [4.69, 9.17) is 16.3 Å².